The molecule has 0 aliphatic carbocycles. The summed E-state index contributed by atoms with van der Waals surface area (Å²) in [7, 11) is 1.72. The number of carbonyl (C=O) groups is 4. The third kappa shape index (κ3) is 8.30. The Balaban J connectivity index is 2.68. The Hall–Kier alpha value is -2.16. The Labute approximate surface area is 179 Å². The first kappa shape index (κ1) is 25.9. The highest BCUT2D eigenvalue weighted by Crippen LogP contribution is 2.25. The van der Waals surface area contributed by atoms with E-state index in [1.165, 1.54) is 4.90 Å². The van der Waals surface area contributed by atoms with Crippen LogP contribution in [0.4, 0.5) is 0 Å². The fourth-order valence-electron chi connectivity index (χ4n) is 3.35. The minimum atomic E-state index is -0.788. The van der Waals surface area contributed by atoms with Crippen LogP contribution in [0, 0.1) is 5.41 Å². The van der Waals surface area contributed by atoms with E-state index in [9.17, 15) is 19.2 Å². The highest BCUT2D eigenvalue weighted by molar-refractivity contribution is 5.92. The van der Waals surface area contributed by atoms with E-state index in [1.807, 2.05) is 20.8 Å². The number of carbonyl (C=O) groups excluding carboxylic acids is 4. The summed E-state index contributed by atoms with van der Waals surface area (Å²) in [5, 5.41) is 2.81. The first-order chi connectivity index (χ1) is 13.6. The number of primary amides is 1. The molecule has 0 radical (unpaired) electrons. The molecule has 0 aromatic heterocycles. The molecular formula is C21H38N4O5. The molecule has 3 N–H and O–H groups in total. The van der Waals surface area contributed by atoms with Gasteiger partial charge in [-0.1, -0.05) is 20.8 Å². The summed E-state index contributed by atoms with van der Waals surface area (Å²) < 4.78 is 5.27. The average molecular weight is 427 g/mol. The second-order valence-corrected chi connectivity index (χ2v) is 10.0. The lowest BCUT2D eigenvalue weighted by Gasteiger charge is -2.35. The summed E-state index contributed by atoms with van der Waals surface area (Å²) in [6.45, 7) is 11.8. The largest absolute Gasteiger partial charge is 0.460 e. The highest BCUT2D eigenvalue weighted by atomic mass is 16.6. The Bertz CT molecular complexity index is 651. The van der Waals surface area contributed by atoms with Gasteiger partial charge in [-0.3, -0.25) is 24.1 Å². The van der Waals surface area contributed by atoms with Gasteiger partial charge in [-0.05, 0) is 46.1 Å². The van der Waals surface area contributed by atoms with Crippen molar-refractivity contribution in [3.8, 4) is 0 Å². The zero-order valence-corrected chi connectivity index (χ0v) is 19.4. The van der Waals surface area contributed by atoms with Crippen LogP contribution in [-0.2, 0) is 23.9 Å². The van der Waals surface area contributed by atoms with E-state index in [2.05, 4.69) is 5.32 Å². The second kappa shape index (κ2) is 10.2. The number of amides is 3. The molecule has 0 unspecified atom stereocenters. The van der Waals surface area contributed by atoms with E-state index < -0.39 is 29.0 Å². The quantitative estimate of drug-likeness (QED) is 0.550. The van der Waals surface area contributed by atoms with Gasteiger partial charge in [0.2, 0.25) is 17.7 Å². The molecule has 30 heavy (non-hydrogen) atoms. The third-order valence-electron chi connectivity index (χ3n) is 4.81. The van der Waals surface area contributed by atoms with Gasteiger partial charge in [0, 0.05) is 13.1 Å². The number of ether oxygens (including phenoxy) is 1. The van der Waals surface area contributed by atoms with Crippen LogP contribution in [0.25, 0.3) is 0 Å². The second-order valence-electron chi connectivity index (χ2n) is 10.0. The number of nitrogens with zero attached hydrogens (tertiary/aromatic N) is 2. The lowest BCUT2D eigenvalue weighted by Crippen LogP contribution is -2.58. The maximum Gasteiger partial charge on any atom is 0.307 e. The molecular weight excluding hydrogens is 388 g/mol. The van der Waals surface area contributed by atoms with Gasteiger partial charge in [-0.25, -0.2) is 0 Å². The van der Waals surface area contributed by atoms with Gasteiger partial charge < -0.3 is 20.7 Å². The Morgan fingerprint density at radius 1 is 1.17 bits per heavy atom. The average Bonchev–Trinajstić information content (AvgIpc) is 3.04. The van der Waals surface area contributed by atoms with Crippen molar-refractivity contribution in [3.05, 3.63) is 0 Å². The summed E-state index contributed by atoms with van der Waals surface area (Å²) >= 11 is 0. The number of likely N-dealkylation sites (tertiary alicyclic amines) is 1. The molecule has 1 fully saturated rings. The molecule has 1 saturated heterocycles. The minimum Gasteiger partial charge on any atom is -0.460 e. The third-order valence-corrected chi connectivity index (χ3v) is 4.81. The topological polar surface area (TPSA) is 122 Å². The van der Waals surface area contributed by atoms with Crippen molar-refractivity contribution in [1.82, 2.24) is 15.1 Å². The van der Waals surface area contributed by atoms with Gasteiger partial charge >= 0.3 is 5.97 Å². The van der Waals surface area contributed by atoms with E-state index in [1.54, 1.807) is 32.7 Å². The lowest BCUT2D eigenvalue weighted by molar-refractivity contribution is -0.155. The van der Waals surface area contributed by atoms with E-state index in [-0.39, 0.29) is 30.7 Å². The molecule has 1 rings (SSSR count). The molecule has 2 atom stereocenters. The zero-order chi connectivity index (χ0) is 23.3. The smallest absolute Gasteiger partial charge is 0.307 e. The fraction of sp³-hybridized carbons (Fsp3) is 0.810. The van der Waals surface area contributed by atoms with Crippen molar-refractivity contribution >= 4 is 23.7 Å². The normalized spacial score (nSPS) is 18.3. The molecule has 0 spiro atoms. The van der Waals surface area contributed by atoms with Crippen LogP contribution >= 0.6 is 0 Å². The number of nitrogens with one attached hydrogen (secondary N) is 1. The van der Waals surface area contributed by atoms with Crippen LogP contribution in [0.15, 0.2) is 0 Å². The van der Waals surface area contributed by atoms with Crippen molar-refractivity contribution in [2.75, 3.05) is 26.7 Å². The van der Waals surface area contributed by atoms with Crippen molar-refractivity contribution in [1.29, 1.82) is 0 Å². The van der Waals surface area contributed by atoms with Crippen LogP contribution in [0.3, 0.4) is 0 Å². The number of likely N-dealkylation sites (N-methyl/N-ethyl adjacent to an activating group) is 1. The van der Waals surface area contributed by atoms with Crippen LogP contribution in [0.1, 0.15) is 60.8 Å². The maximum atomic E-state index is 13.1. The first-order valence-corrected chi connectivity index (χ1v) is 10.4. The number of hydrogen-bond donors (Lipinski definition) is 2. The van der Waals surface area contributed by atoms with Crippen molar-refractivity contribution < 1.29 is 23.9 Å². The number of esters is 1. The van der Waals surface area contributed by atoms with Gasteiger partial charge in [0.25, 0.3) is 0 Å². The summed E-state index contributed by atoms with van der Waals surface area (Å²) in [5.74, 6) is -1.48. The predicted octanol–water partition coefficient (Wildman–Crippen LogP) is 0.657. The monoisotopic (exact) mass is 426 g/mol. The van der Waals surface area contributed by atoms with Crippen LogP contribution in [0.5, 0.6) is 0 Å². The van der Waals surface area contributed by atoms with Gasteiger partial charge in [0.1, 0.15) is 17.7 Å². The van der Waals surface area contributed by atoms with E-state index in [0.717, 1.165) is 0 Å². The zero-order valence-electron chi connectivity index (χ0n) is 19.4. The fourth-order valence-corrected chi connectivity index (χ4v) is 3.35. The highest BCUT2D eigenvalue weighted by Gasteiger charge is 2.41. The Kier molecular flexibility index (Phi) is 8.83. The van der Waals surface area contributed by atoms with Gasteiger partial charge in [0.05, 0.1) is 13.0 Å². The summed E-state index contributed by atoms with van der Waals surface area (Å²) in [6, 6.07) is -1.42. The molecule has 0 bridgehead atoms. The maximum absolute atomic E-state index is 13.1. The molecule has 1 aliphatic rings. The van der Waals surface area contributed by atoms with Crippen molar-refractivity contribution in [3.63, 3.8) is 0 Å². The van der Waals surface area contributed by atoms with Crippen LogP contribution in [0.2, 0.25) is 0 Å². The number of rotatable bonds is 8. The van der Waals surface area contributed by atoms with E-state index >= 15 is 0 Å². The molecule has 3 amide bonds. The standard InChI is InChI=1S/C21H38N4O5/c1-20(2,3)17(19(29)25-11-8-9-14(25)18(22)28)23-15(26)13-24(7)12-10-16(27)30-21(4,5)6/h14,17H,8-13H2,1-7H3,(H2,22,28)(H,23,26)/t14-,17+/m0/s1. The van der Waals surface area contributed by atoms with E-state index in [4.69, 9.17) is 10.5 Å². The van der Waals surface area contributed by atoms with Gasteiger partial charge in [-0.2, -0.15) is 0 Å². The van der Waals surface area contributed by atoms with Crippen LogP contribution in [-0.4, -0.2) is 77.9 Å². The molecule has 172 valence electrons. The van der Waals surface area contributed by atoms with Crippen molar-refractivity contribution in [2.45, 2.75) is 78.5 Å². The molecule has 9 nitrogen and oxygen atoms in total. The van der Waals surface area contributed by atoms with Crippen LogP contribution < -0.4 is 11.1 Å². The molecule has 1 heterocycles. The molecule has 0 saturated carbocycles. The molecule has 9 heteroatoms. The summed E-state index contributed by atoms with van der Waals surface area (Å²) in [6.07, 6.45) is 1.41. The SMILES string of the molecule is CN(CCC(=O)OC(C)(C)C)CC(=O)N[C@H](C(=O)N1CCC[C@H]1C(N)=O)C(C)(C)C. The first-order valence-electron chi connectivity index (χ1n) is 10.4. The number of hydrogen-bond acceptors (Lipinski definition) is 6. The Morgan fingerprint density at radius 3 is 2.27 bits per heavy atom. The molecule has 0 aromatic rings. The van der Waals surface area contributed by atoms with Crippen molar-refractivity contribution in [2.24, 2.45) is 11.1 Å². The van der Waals surface area contributed by atoms with Gasteiger partial charge in [0.15, 0.2) is 0 Å². The predicted molar refractivity (Wildman–Crippen MR) is 113 cm³/mol. The summed E-state index contributed by atoms with van der Waals surface area (Å²) in [4.78, 5) is 52.4. The van der Waals surface area contributed by atoms with E-state index in [0.29, 0.717) is 25.9 Å². The number of nitrogens with two attached hydrogens (primary N) is 1. The molecule has 0 aromatic carbocycles. The van der Waals surface area contributed by atoms with Gasteiger partial charge in [-0.15, -0.1) is 0 Å². The lowest BCUT2D eigenvalue weighted by atomic mass is 9.85. The molecule has 1 aliphatic heterocycles. The minimum absolute atomic E-state index is 0.0297. The summed E-state index contributed by atoms with van der Waals surface area (Å²) in [5.41, 5.74) is 4.33. The Morgan fingerprint density at radius 2 is 1.77 bits per heavy atom.